The molecule has 2 aliphatic rings. The summed E-state index contributed by atoms with van der Waals surface area (Å²) in [6.07, 6.45) is 1.82. The molecule has 18 heavy (non-hydrogen) atoms. The third kappa shape index (κ3) is 3.23. The third-order valence-electron chi connectivity index (χ3n) is 3.58. The van der Waals surface area contributed by atoms with Gasteiger partial charge in [-0.3, -0.25) is 0 Å². The second-order valence-electron chi connectivity index (χ2n) is 5.52. The highest BCUT2D eigenvalue weighted by Gasteiger charge is 2.42. The number of piperidine rings is 1. The van der Waals surface area contributed by atoms with Gasteiger partial charge in [0.1, 0.15) is 0 Å². The molecule has 0 amide bonds. The highest BCUT2D eigenvalue weighted by molar-refractivity contribution is 7.92. The van der Waals surface area contributed by atoms with Gasteiger partial charge in [-0.2, -0.15) is 0 Å². The first kappa shape index (κ1) is 14.2. The van der Waals surface area contributed by atoms with Gasteiger partial charge in [0.2, 0.25) is 10.0 Å². The molecular weight excluding hydrogens is 276 g/mol. The van der Waals surface area contributed by atoms with Crippen LogP contribution in [0.25, 0.3) is 0 Å². The largest absolute Gasteiger partial charge is 0.315 e. The van der Waals surface area contributed by atoms with E-state index in [2.05, 4.69) is 10.0 Å². The molecule has 2 aliphatic heterocycles. The van der Waals surface area contributed by atoms with Crippen LogP contribution in [0, 0.1) is 0 Å². The maximum atomic E-state index is 12.2. The summed E-state index contributed by atoms with van der Waals surface area (Å²) in [5.74, 6) is -0.0334. The molecule has 2 heterocycles. The van der Waals surface area contributed by atoms with Gasteiger partial charge in [0, 0.05) is 12.1 Å². The van der Waals surface area contributed by atoms with Crippen LogP contribution >= 0.6 is 0 Å². The molecule has 0 spiro atoms. The van der Waals surface area contributed by atoms with E-state index in [1.807, 2.05) is 0 Å². The van der Waals surface area contributed by atoms with E-state index in [0.29, 0.717) is 19.4 Å². The lowest BCUT2D eigenvalue weighted by Gasteiger charge is -2.29. The normalized spacial score (nSPS) is 36.6. The quantitative estimate of drug-likeness (QED) is 0.714. The molecule has 2 rings (SSSR count). The Kier molecular flexibility index (Phi) is 3.74. The molecule has 0 aromatic rings. The smallest absolute Gasteiger partial charge is 0.216 e. The van der Waals surface area contributed by atoms with E-state index in [4.69, 9.17) is 0 Å². The van der Waals surface area contributed by atoms with Crippen LogP contribution in [-0.2, 0) is 19.9 Å². The Labute approximate surface area is 108 Å². The Hall–Kier alpha value is -0.180. The first-order valence-corrected chi connectivity index (χ1v) is 9.53. The molecule has 2 saturated heterocycles. The van der Waals surface area contributed by atoms with Crippen molar-refractivity contribution in [2.75, 3.05) is 24.6 Å². The maximum absolute atomic E-state index is 12.2. The second-order valence-corrected chi connectivity index (χ2v) is 9.66. The monoisotopic (exact) mass is 296 g/mol. The molecule has 0 saturated carbocycles. The van der Waals surface area contributed by atoms with Crippen molar-refractivity contribution in [3.8, 4) is 0 Å². The molecule has 8 heteroatoms. The van der Waals surface area contributed by atoms with E-state index < -0.39 is 30.6 Å². The topological polar surface area (TPSA) is 92.3 Å². The van der Waals surface area contributed by atoms with Gasteiger partial charge in [-0.25, -0.2) is 21.6 Å². The third-order valence-corrected chi connectivity index (χ3v) is 7.54. The van der Waals surface area contributed by atoms with Crippen molar-refractivity contribution in [1.82, 2.24) is 10.0 Å². The zero-order valence-corrected chi connectivity index (χ0v) is 12.1. The zero-order chi connectivity index (χ0) is 13.4. The minimum absolute atomic E-state index is 0.0644. The van der Waals surface area contributed by atoms with Gasteiger partial charge in [0.15, 0.2) is 9.84 Å². The van der Waals surface area contributed by atoms with Gasteiger partial charge >= 0.3 is 0 Å². The van der Waals surface area contributed by atoms with Crippen molar-refractivity contribution < 1.29 is 16.8 Å². The highest BCUT2D eigenvalue weighted by Crippen LogP contribution is 2.25. The Bertz CT molecular complexity index is 508. The molecular formula is C10H20N2O4S2. The minimum atomic E-state index is -3.45. The fourth-order valence-corrected chi connectivity index (χ4v) is 6.63. The van der Waals surface area contributed by atoms with Crippen molar-refractivity contribution >= 4 is 19.9 Å². The van der Waals surface area contributed by atoms with Gasteiger partial charge in [-0.05, 0) is 32.7 Å². The first-order chi connectivity index (χ1) is 8.23. The second kappa shape index (κ2) is 4.73. The lowest BCUT2D eigenvalue weighted by Crippen LogP contribution is -2.53. The predicted molar refractivity (Wildman–Crippen MR) is 69.6 cm³/mol. The standard InChI is InChI=1S/C10H20N2O4S2/c1-10(4-6-17(13,14)8-10)12-18(15,16)9-3-2-5-11-7-9/h9,11-12H,2-8H2,1H3. The molecule has 0 aromatic heterocycles. The van der Waals surface area contributed by atoms with Crippen LogP contribution in [0.1, 0.15) is 26.2 Å². The van der Waals surface area contributed by atoms with Gasteiger partial charge in [0.05, 0.1) is 16.8 Å². The SMILES string of the molecule is CC1(NS(=O)(=O)C2CCCNC2)CCS(=O)(=O)C1. The number of sulfone groups is 1. The van der Waals surface area contributed by atoms with Crippen molar-refractivity contribution in [3.05, 3.63) is 0 Å². The van der Waals surface area contributed by atoms with Gasteiger partial charge in [0.25, 0.3) is 0 Å². The van der Waals surface area contributed by atoms with Crippen LogP contribution in [-0.4, -0.2) is 52.2 Å². The van der Waals surface area contributed by atoms with Crippen molar-refractivity contribution in [2.45, 2.75) is 37.0 Å². The molecule has 0 radical (unpaired) electrons. The molecule has 106 valence electrons. The van der Waals surface area contributed by atoms with E-state index in [-0.39, 0.29) is 11.5 Å². The first-order valence-electron chi connectivity index (χ1n) is 6.16. The fourth-order valence-electron chi connectivity index (χ4n) is 2.60. The zero-order valence-electron chi connectivity index (χ0n) is 10.5. The molecule has 2 atom stereocenters. The summed E-state index contributed by atoms with van der Waals surface area (Å²) in [6.45, 7) is 2.96. The van der Waals surface area contributed by atoms with E-state index in [0.717, 1.165) is 13.0 Å². The van der Waals surface area contributed by atoms with E-state index in [9.17, 15) is 16.8 Å². The Morgan fingerprint density at radius 2 is 2.11 bits per heavy atom. The van der Waals surface area contributed by atoms with Gasteiger partial charge in [-0.15, -0.1) is 0 Å². The lowest BCUT2D eigenvalue weighted by molar-refractivity contribution is 0.440. The van der Waals surface area contributed by atoms with Crippen LogP contribution in [0.2, 0.25) is 0 Å². The average molecular weight is 296 g/mol. The Morgan fingerprint density at radius 1 is 1.39 bits per heavy atom. The van der Waals surface area contributed by atoms with E-state index >= 15 is 0 Å². The summed E-state index contributed by atoms with van der Waals surface area (Å²) in [7, 11) is -6.55. The lowest BCUT2D eigenvalue weighted by atomic mass is 10.0. The fraction of sp³-hybridized carbons (Fsp3) is 1.00. The molecule has 0 aliphatic carbocycles. The van der Waals surface area contributed by atoms with Crippen molar-refractivity contribution in [2.24, 2.45) is 0 Å². The van der Waals surface area contributed by atoms with Crippen molar-refractivity contribution in [3.63, 3.8) is 0 Å². The summed E-state index contributed by atoms with van der Waals surface area (Å²) in [6, 6.07) is 0. The Morgan fingerprint density at radius 3 is 2.61 bits per heavy atom. The summed E-state index contributed by atoms with van der Waals surface area (Å²) in [5, 5.41) is 2.60. The molecule has 2 N–H and O–H groups in total. The Balaban J connectivity index is 2.08. The molecule has 2 fully saturated rings. The van der Waals surface area contributed by atoms with Crippen LogP contribution in [0.15, 0.2) is 0 Å². The van der Waals surface area contributed by atoms with Crippen LogP contribution < -0.4 is 10.0 Å². The maximum Gasteiger partial charge on any atom is 0.216 e. The molecule has 0 aromatic carbocycles. The molecule has 0 bridgehead atoms. The number of nitrogens with one attached hydrogen (secondary N) is 2. The minimum Gasteiger partial charge on any atom is -0.315 e. The highest BCUT2D eigenvalue weighted by atomic mass is 32.2. The molecule has 6 nitrogen and oxygen atoms in total. The summed E-state index contributed by atoms with van der Waals surface area (Å²) in [4.78, 5) is 0. The molecule has 2 unspecified atom stereocenters. The van der Waals surface area contributed by atoms with Gasteiger partial charge in [-0.1, -0.05) is 0 Å². The van der Waals surface area contributed by atoms with Crippen molar-refractivity contribution in [1.29, 1.82) is 0 Å². The van der Waals surface area contributed by atoms with Crippen LogP contribution in [0.4, 0.5) is 0 Å². The van der Waals surface area contributed by atoms with E-state index in [1.54, 1.807) is 6.92 Å². The number of hydrogen-bond donors (Lipinski definition) is 2. The summed E-state index contributed by atoms with van der Waals surface area (Å²) >= 11 is 0. The number of sulfonamides is 1. The average Bonchev–Trinajstić information content (AvgIpc) is 2.53. The van der Waals surface area contributed by atoms with Gasteiger partial charge < -0.3 is 5.32 Å². The summed E-state index contributed by atoms with van der Waals surface area (Å²) < 4.78 is 50.0. The number of rotatable bonds is 3. The summed E-state index contributed by atoms with van der Waals surface area (Å²) in [5.41, 5.74) is -0.838. The van der Waals surface area contributed by atoms with E-state index in [1.165, 1.54) is 0 Å². The van der Waals surface area contributed by atoms with Crippen LogP contribution in [0.3, 0.4) is 0 Å². The predicted octanol–water partition coefficient (Wildman–Crippen LogP) is -0.765. The van der Waals surface area contributed by atoms with Crippen LogP contribution in [0.5, 0.6) is 0 Å². The number of hydrogen-bond acceptors (Lipinski definition) is 5.